The number of aromatic nitrogens is 1. The molecule has 120 valence electrons. The molecule has 3 rings (SSSR count). The molecule has 0 saturated heterocycles. The minimum absolute atomic E-state index is 0.107. The quantitative estimate of drug-likeness (QED) is 0.701. The largest absolute Gasteiger partial charge is 0.353 e. The SMILES string of the molecule is CN(C(=O)c1cncc(Nc2ccccc2Br)c1)c1ccccc1. The average molecular weight is 382 g/mol. The molecule has 0 aliphatic rings. The van der Waals surface area contributed by atoms with E-state index in [1.54, 1.807) is 30.4 Å². The maximum Gasteiger partial charge on any atom is 0.259 e. The number of halogens is 1. The first-order valence-corrected chi connectivity index (χ1v) is 8.24. The zero-order valence-electron chi connectivity index (χ0n) is 13.1. The monoisotopic (exact) mass is 381 g/mol. The van der Waals surface area contributed by atoms with Crippen molar-refractivity contribution in [1.82, 2.24) is 4.98 Å². The van der Waals surface area contributed by atoms with Gasteiger partial charge in [-0.1, -0.05) is 30.3 Å². The van der Waals surface area contributed by atoms with Gasteiger partial charge in [-0.25, -0.2) is 0 Å². The highest BCUT2D eigenvalue weighted by molar-refractivity contribution is 9.10. The second-order valence-electron chi connectivity index (χ2n) is 5.27. The second kappa shape index (κ2) is 7.27. The second-order valence-corrected chi connectivity index (χ2v) is 6.12. The molecule has 1 heterocycles. The normalized spacial score (nSPS) is 10.2. The van der Waals surface area contributed by atoms with Crippen molar-refractivity contribution in [2.45, 2.75) is 0 Å². The molecule has 0 saturated carbocycles. The third-order valence-corrected chi connectivity index (χ3v) is 4.28. The summed E-state index contributed by atoms with van der Waals surface area (Å²) in [6, 6.07) is 19.1. The number of nitrogens with one attached hydrogen (secondary N) is 1. The molecule has 24 heavy (non-hydrogen) atoms. The van der Waals surface area contributed by atoms with Crippen LogP contribution in [0.25, 0.3) is 0 Å². The molecule has 0 radical (unpaired) electrons. The Balaban J connectivity index is 1.82. The third-order valence-electron chi connectivity index (χ3n) is 3.59. The summed E-state index contributed by atoms with van der Waals surface area (Å²) < 4.78 is 0.947. The van der Waals surface area contributed by atoms with E-state index < -0.39 is 0 Å². The number of benzene rings is 2. The minimum atomic E-state index is -0.107. The molecule has 1 amide bonds. The first-order chi connectivity index (χ1) is 11.6. The van der Waals surface area contributed by atoms with Crippen molar-refractivity contribution in [1.29, 1.82) is 0 Å². The summed E-state index contributed by atoms with van der Waals surface area (Å²) in [4.78, 5) is 18.5. The Bertz CT molecular complexity index is 852. The number of anilines is 3. The molecule has 5 heteroatoms. The van der Waals surface area contributed by atoms with Crippen LogP contribution in [0.1, 0.15) is 10.4 Å². The maximum atomic E-state index is 12.7. The molecule has 3 aromatic rings. The smallest absolute Gasteiger partial charge is 0.259 e. The van der Waals surface area contributed by atoms with Crippen LogP contribution in [0.4, 0.5) is 17.1 Å². The van der Waals surface area contributed by atoms with E-state index in [0.717, 1.165) is 21.5 Å². The number of rotatable bonds is 4. The Morgan fingerprint density at radius 1 is 1.04 bits per heavy atom. The average Bonchev–Trinajstić information content (AvgIpc) is 2.63. The lowest BCUT2D eigenvalue weighted by Crippen LogP contribution is -2.26. The third kappa shape index (κ3) is 3.63. The van der Waals surface area contributed by atoms with E-state index in [9.17, 15) is 4.79 Å². The van der Waals surface area contributed by atoms with E-state index in [0.29, 0.717) is 5.56 Å². The molecule has 0 aliphatic heterocycles. The van der Waals surface area contributed by atoms with Gasteiger partial charge in [0.25, 0.3) is 5.91 Å². The van der Waals surface area contributed by atoms with Crippen LogP contribution in [0.15, 0.2) is 77.5 Å². The fourth-order valence-electron chi connectivity index (χ4n) is 2.31. The van der Waals surface area contributed by atoms with Gasteiger partial charge >= 0.3 is 0 Å². The zero-order valence-corrected chi connectivity index (χ0v) is 14.7. The molecule has 1 aromatic heterocycles. The van der Waals surface area contributed by atoms with Gasteiger partial charge in [0.1, 0.15) is 0 Å². The Kier molecular flexibility index (Phi) is 4.91. The molecular weight excluding hydrogens is 366 g/mol. The lowest BCUT2D eigenvalue weighted by Gasteiger charge is -2.17. The lowest BCUT2D eigenvalue weighted by atomic mass is 10.2. The van der Waals surface area contributed by atoms with Crippen molar-refractivity contribution in [2.75, 3.05) is 17.3 Å². The van der Waals surface area contributed by atoms with E-state index in [4.69, 9.17) is 0 Å². The molecule has 0 unspecified atom stereocenters. The van der Waals surface area contributed by atoms with Crippen molar-refractivity contribution in [2.24, 2.45) is 0 Å². The molecule has 2 aromatic carbocycles. The van der Waals surface area contributed by atoms with Crippen LogP contribution in [-0.4, -0.2) is 17.9 Å². The number of hydrogen-bond acceptors (Lipinski definition) is 3. The van der Waals surface area contributed by atoms with Gasteiger partial charge in [0, 0.05) is 23.4 Å². The fraction of sp³-hybridized carbons (Fsp3) is 0.0526. The molecule has 1 N–H and O–H groups in total. The number of para-hydroxylation sites is 2. The maximum absolute atomic E-state index is 12.7. The predicted octanol–water partition coefficient (Wildman–Crippen LogP) is 4.86. The predicted molar refractivity (Wildman–Crippen MR) is 101 cm³/mol. The number of hydrogen-bond donors (Lipinski definition) is 1. The molecular formula is C19H16BrN3O. The Morgan fingerprint density at radius 3 is 2.50 bits per heavy atom. The van der Waals surface area contributed by atoms with Crippen molar-refractivity contribution >= 4 is 38.9 Å². The summed E-state index contributed by atoms with van der Waals surface area (Å²) in [5.41, 5.74) is 3.04. The summed E-state index contributed by atoms with van der Waals surface area (Å²) in [5, 5.41) is 3.27. The highest BCUT2D eigenvalue weighted by atomic mass is 79.9. The number of nitrogens with zero attached hydrogens (tertiary/aromatic N) is 2. The highest BCUT2D eigenvalue weighted by Crippen LogP contribution is 2.25. The first kappa shape index (κ1) is 16.2. The van der Waals surface area contributed by atoms with Crippen LogP contribution >= 0.6 is 15.9 Å². The first-order valence-electron chi connectivity index (χ1n) is 7.45. The molecule has 0 aliphatic carbocycles. The molecule has 0 fully saturated rings. The van der Waals surface area contributed by atoms with Crippen LogP contribution in [0.2, 0.25) is 0 Å². The van der Waals surface area contributed by atoms with Gasteiger partial charge in [-0.3, -0.25) is 9.78 Å². The van der Waals surface area contributed by atoms with Gasteiger partial charge in [-0.05, 0) is 46.3 Å². The van der Waals surface area contributed by atoms with Gasteiger partial charge in [-0.2, -0.15) is 0 Å². The van der Waals surface area contributed by atoms with Crippen LogP contribution in [0.3, 0.4) is 0 Å². The standard InChI is InChI=1S/C19H16BrN3O/c1-23(16-7-3-2-4-8-16)19(24)14-11-15(13-21-12-14)22-18-10-6-5-9-17(18)20/h2-13,22H,1H3. The fourth-order valence-corrected chi connectivity index (χ4v) is 2.69. The van der Waals surface area contributed by atoms with Gasteiger partial charge in [0.15, 0.2) is 0 Å². The summed E-state index contributed by atoms with van der Waals surface area (Å²) in [5.74, 6) is -0.107. The zero-order chi connectivity index (χ0) is 16.9. The van der Waals surface area contributed by atoms with E-state index >= 15 is 0 Å². The van der Waals surface area contributed by atoms with Crippen LogP contribution in [0, 0.1) is 0 Å². The Hall–Kier alpha value is -2.66. The summed E-state index contributed by atoms with van der Waals surface area (Å²) in [6.07, 6.45) is 3.27. The van der Waals surface area contributed by atoms with Gasteiger partial charge in [0.2, 0.25) is 0 Å². The lowest BCUT2D eigenvalue weighted by molar-refractivity contribution is 0.0992. The van der Waals surface area contributed by atoms with Crippen LogP contribution in [-0.2, 0) is 0 Å². The topological polar surface area (TPSA) is 45.2 Å². The highest BCUT2D eigenvalue weighted by Gasteiger charge is 2.14. The number of carbonyl (C=O) groups is 1. The Morgan fingerprint density at radius 2 is 1.75 bits per heavy atom. The molecule has 0 bridgehead atoms. The van der Waals surface area contributed by atoms with Crippen molar-refractivity contribution in [3.8, 4) is 0 Å². The summed E-state index contributed by atoms with van der Waals surface area (Å²) in [6.45, 7) is 0. The Labute approximate surface area is 149 Å². The van der Waals surface area contributed by atoms with Crippen molar-refractivity contribution in [3.63, 3.8) is 0 Å². The van der Waals surface area contributed by atoms with E-state index in [1.807, 2.05) is 54.6 Å². The van der Waals surface area contributed by atoms with Crippen LogP contribution in [0.5, 0.6) is 0 Å². The van der Waals surface area contributed by atoms with Crippen molar-refractivity contribution < 1.29 is 4.79 Å². The molecule has 0 atom stereocenters. The number of amides is 1. The number of pyridine rings is 1. The van der Waals surface area contributed by atoms with Gasteiger partial charge in [0.05, 0.1) is 23.1 Å². The van der Waals surface area contributed by atoms with Crippen LogP contribution < -0.4 is 10.2 Å². The van der Waals surface area contributed by atoms with Gasteiger partial charge in [-0.15, -0.1) is 0 Å². The van der Waals surface area contributed by atoms with E-state index in [1.165, 1.54) is 0 Å². The van der Waals surface area contributed by atoms with Crippen molar-refractivity contribution in [3.05, 3.63) is 83.1 Å². The van der Waals surface area contributed by atoms with Gasteiger partial charge < -0.3 is 10.2 Å². The summed E-state index contributed by atoms with van der Waals surface area (Å²) >= 11 is 3.50. The minimum Gasteiger partial charge on any atom is -0.353 e. The molecule has 0 spiro atoms. The molecule has 4 nitrogen and oxygen atoms in total. The van der Waals surface area contributed by atoms with E-state index in [-0.39, 0.29) is 5.91 Å². The number of carbonyl (C=O) groups excluding carboxylic acids is 1. The van der Waals surface area contributed by atoms with E-state index in [2.05, 4.69) is 26.2 Å². The summed E-state index contributed by atoms with van der Waals surface area (Å²) in [7, 11) is 1.76.